The number of hydrogen-bond acceptors (Lipinski definition) is 7. The minimum absolute atomic E-state index is 0.133. The zero-order valence-electron chi connectivity index (χ0n) is 15.3. The van der Waals surface area contributed by atoms with E-state index in [1.807, 2.05) is 41.1 Å². The quantitative estimate of drug-likeness (QED) is 0.516. The molecule has 6 nitrogen and oxygen atoms in total. The summed E-state index contributed by atoms with van der Waals surface area (Å²) in [6.07, 6.45) is 2.86. The molecule has 0 atom stereocenters. The number of rotatable bonds is 5. The van der Waals surface area contributed by atoms with E-state index in [9.17, 15) is 4.79 Å². The molecule has 0 saturated heterocycles. The van der Waals surface area contributed by atoms with Crippen LogP contribution in [0.1, 0.15) is 11.3 Å². The average Bonchev–Trinajstić information content (AvgIpc) is 3.49. The van der Waals surface area contributed by atoms with E-state index in [4.69, 9.17) is 4.74 Å². The first kappa shape index (κ1) is 18.0. The Balaban J connectivity index is 1.24. The molecular formula is C21H16N4O2S2. The summed E-state index contributed by atoms with van der Waals surface area (Å²) in [5.41, 5.74) is 4.63. The standard InChI is InChI=1S/C21H16N4O2S2/c26-19(10-15-11-28-20(23-15)16-3-1-2-7-22-16)25-21-24-17(12-29-21)13-4-5-18-14(9-13)6-8-27-18/h1-5,7,9,11-12H,6,8,10H2,(H,24,25,26). The van der Waals surface area contributed by atoms with Crippen LogP contribution in [0.2, 0.25) is 0 Å². The van der Waals surface area contributed by atoms with Crippen molar-refractivity contribution in [1.29, 1.82) is 0 Å². The van der Waals surface area contributed by atoms with E-state index >= 15 is 0 Å². The number of carbonyl (C=O) groups excluding carboxylic acids is 1. The highest BCUT2D eigenvalue weighted by molar-refractivity contribution is 7.14. The first-order chi connectivity index (χ1) is 14.2. The Morgan fingerprint density at radius 3 is 2.97 bits per heavy atom. The monoisotopic (exact) mass is 420 g/mol. The minimum atomic E-state index is -0.133. The third kappa shape index (κ3) is 3.90. The smallest absolute Gasteiger partial charge is 0.232 e. The number of anilines is 1. The van der Waals surface area contributed by atoms with E-state index < -0.39 is 0 Å². The van der Waals surface area contributed by atoms with E-state index in [0.717, 1.165) is 46.4 Å². The van der Waals surface area contributed by atoms with Crippen molar-refractivity contribution in [2.24, 2.45) is 0 Å². The number of nitrogens with zero attached hydrogens (tertiary/aromatic N) is 3. The van der Waals surface area contributed by atoms with Gasteiger partial charge in [0.25, 0.3) is 0 Å². The summed E-state index contributed by atoms with van der Waals surface area (Å²) < 4.78 is 5.55. The number of carbonyl (C=O) groups is 1. The van der Waals surface area contributed by atoms with Crippen molar-refractivity contribution < 1.29 is 9.53 Å². The summed E-state index contributed by atoms with van der Waals surface area (Å²) in [7, 11) is 0. The molecule has 0 radical (unpaired) electrons. The van der Waals surface area contributed by atoms with Crippen molar-refractivity contribution in [1.82, 2.24) is 15.0 Å². The summed E-state index contributed by atoms with van der Waals surface area (Å²) in [6.45, 7) is 0.732. The Hall–Kier alpha value is -3.10. The summed E-state index contributed by atoms with van der Waals surface area (Å²) in [4.78, 5) is 25.8. The van der Waals surface area contributed by atoms with Gasteiger partial charge in [0.1, 0.15) is 10.8 Å². The number of benzene rings is 1. The lowest BCUT2D eigenvalue weighted by Crippen LogP contribution is -2.14. The number of hydrogen-bond donors (Lipinski definition) is 1. The SMILES string of the molecule is O=C(Cc1csc(-c2ccccn2)n1)Nc1nc(-c2ccc3c(c2)CCO3)cs1. The molecule has 0 aliphatic carbocycles. The van der Waals surface area contributed by atoms with E-state index in [2.05, 4.69) is 26.3 Å². The molecule has 8 heteroatoms. The molecule has 0 fully saturated rings. The predicted octanol–water partition coefficient (Wildman–Crippen LogP) is 4.44. The van der Waals surface area contributed by atoms with E-state index in [0.29, 0.717) is 5.13 Å². The summed E-state index contributed by atoms with van der Waals surface area (Å²) >= 11 is 2.90. The van der Waals surface area contributed by atoms with Crippen LogP contribution in [-0.4, -0.2) is 27.5 Å². The van der Waals surface area contributed by atoms with Gasteiger partial charge in [-0.15, -0.1) is 22.7 Å². The minimum Gasteiger partial charge on any atom is -0.493 e. The maximum atomic E-state index is 12.4. The van der Waals surface area contributed by atoms with Crippen molar-refractivity contribution in [3.8, 4) is 27.7 Å². The van der Waals surface area contributed by atoms with E-state index in [1.165, 1.54) is 28.2 Å². The Morgan fingerprint density at radius 2 is 2.07 bits per heavy atom. The summed E-state index contributed by atoms with van der Waals surface area (Å²) in [5, 5.41) is 8.12. The van der Waals surface area contributed by atoms with Crippen molar-refractivity contribution in [3.05, 3.63) is 64.6 Å². The molecular weight excluding hydrogens is 404 g/mol. The van der Waals surface area contributed by atoms with Crippen LogP contribution in [0.15, 0.2) is 53.4 Å². The largest absolute Gasteiger partial charge is 0.493 e. The van der Waals surface area contributed by atoms with E-state index in [-0.39, 0.29) is 12.3 Å². The highest BCUT2D eigenvalue weighted by Crippen LogP contribution is 2.32. The van der Waals surface area contributed by atoms with Gasteiger partial charge >= 0.3 is 0 Å². The normalized spacial score (nSPS) is 12.4. The van der Waals surface area contributed by atoms with Crippen LogP contribution in [-0.2, 0) is 17.6 Å². The highest BCUT2D eigenvalue weighted by Gasteiger charge is 2.15. The lowest BCUT2D eigenvalue weighted by atomic mass is 10.1. The van der Waals surface area contributed by atoms with Gasteiger partial charge in [-0.25, -0.2) is 9.97 Å². The molecule has 0 unspecified atom stereocenters. The Kier molecular flexibility index (Phi) is 4.79. The number of nitrogens with one attached hydrogen (secondary N) is 1. The molecule has 4 aromatic rings. The van der Waals surface area contributed by atoms with Crippen LogP contribution in [0.25, 0.3) is 22.0 Å². The second-order valence-electron chi connectivity index (χ2n) is 6.54. The topological polar surface area (TPSA) is 77.0 Å². The molecule has 5 rings (SSSR count). The molecule has 29 heavy (non-hydrogen) atoms. The van der Waals surface area contributed by atoms with E-state index in [1.54, 1.807) is 6.20 Å². The molecule has 0 saturated carbocycles. The highest BCUT2D eigenvalue weighted by atomic mass is 32.1. The Morgan fingerprint density at radius 1 is 1.10 bits per heavy atom. The molecule has 3 aromatic heterocycles. The number of amides is 1. The van der Waals surface area contributed by atoms with Crippen molar-refractivity contribution in [2.75, 3.05) is 11.9 Å². The zero-order chi connectivity index (χ0) is 19.6. The van der Waals surface area contributed by atoms with Crippen LogP contribution < -0.4 is 10.1 Å². The molecule has 0 bridgehead atoms. The number of aromatic nitrogens is 3. The number of pyridine rings is 1. The molecule has 1 aliphatic rings. The van der Waals surface area contributed by atoms with Crippen molar-refractivity contribution in [2.45, 2.75) is 12.8 Å². The summed E-state index contributed by atoms with van der Waals surface area (Å²) in [5.74, 6) is 0.817. The van der Waals surface area contributed by atoms with Crippen LogP contribution in [0.4, 0.5) is 5.13 Å². The van der Waals surface area contributed by atoms with Crippen LogP contribution in [0.3, 0.4) is 0 Å². The Bertz CT molecular complexity index is 1170. The second-order valence-corrected chi connectivity index (χ2v) is 8.26. The molecule has 144 valence electrons. The molecule has 4 heterocycles. The number of thiazole rings is 2. The summed E-state index contributed by atoms with van der Waals surface area (Å²) in [6, 6.07) is 11.8. The molecule has 1 N–H and O–H groups in total. The molecule has 1 aliphatic heterocycles. The van der Waals surface area contributed by atoms with Crippen LogP contribution in [0, 0.1) is 0 Å². The fourth-order valence-corrected chi connectivity index (χ4v) is 4.66. The van der Waals surface area contributed by atoms with Crippen molar-refractivity contribution >= 4 is 33.7 Å². The van der Waals surface area contributed by atoms with Crippen LogP contribution >= 0.6 is 22.7 Å². The number of fused-ring (bicyclic) bond motifs is 1. The van der Waals surface area contributed by atoms with Gasteiger partial charge in [0.05, 0.1) is 30.1 Å². The lowest BCUT2D eigenvalue weighted by Gasteiger charge is -2.02. The third-order valence-electron chi connectivity index (χ3n) is 4.51. The van der Waals surface area contributed by atoms with Gasteiger partial charge in [0, 0.05) is 28.9 Å². The van der Waals surface area contributed by atoms with Crippen molar-refractivity contribution in [3.63, 3.8) is 0 Å². The zero-order valence-corrected chi connectivity index (χ0v) is 16.9. The molecule has 1 aromatic carbocycles. The van der Waals surface area contributed by atoms with Gasteiger partial charge in [-0.05, 0) is 35.9 Å². The maximum absolute atomic E-state index is 12.4. The predicted molar refractivity (Wildman–Crippen MR) is 114 cm³/mol. The van der Waals surface area contributed by atoms with Gasteiger partial charge in [-0.3, -0.25) is 9.78 Å². The first-order valence-electron chi connectivity index (χ1n) is 9.12. The fraction of sp³-hybridized carbons (Fsp3) is 0.143. The Labute approximate surface area is 175 Å². The average molecular weight is 421 g/mol. The second kappa shape index (κ2) is 7.73. The maximum Gasteiger partial charge on any atom is 0.232 e. The lowest BCUT2D eigenvalue weighted by molar-refractivity contribution is -0.115. The molecule has 0 spiro atoms. The molecule has 1 amide bonds. The fourth-order valence-electron chi connectivity index (χ4n) is 3.13. The van der Waals surface area contributed by atoms with Gasteiger partial charge in [-0.2, -0.15) is 0 Å². The third-order valence-corrected chi connectivity index (χ3v) is 6.18. The van der Waals surface area contributed by atoms with Gasteiger partial charge < -0.3 is 10.1 Å². The van der Waals surface area contributed by atoms with Gasteiger partial charge in [-0.1, -0.05) is 6.07 Å². The van der Waals surface area contributed by atoms with Gasteiger partial charge in [0.15, 0.2) is 5.13 Å². The first-order valence-corrected chi connectivity index (χ1v) is 10.9. The number of ether oxygens (including phenoxy) is 1. The van der Waals surface area contributed by atoms with Gasteiger partial charge in [0.2, 0.25) is 5.91 Å². The van der Waals surface area contributed by atoms with Crippen LogP contribution in [0.5, 0.6) is 5.75 Å².